The van der Waals surface area contributed by atoms with Crippen LogP contribution in [0, 0.1) is 0 Å². The van der Waals surface area contributed by atoms with Gasteiger partial charge in [0.15, 0.2) is 5.96 Å². The van der Waals surface area contributed by atoms with Gasteiger partial charge < -0.3 is 20.4 Å². The monoisotopic (exact) mass is 357 g/mol. The highest BCUT2D eigenvalue weighted by Gasteiger charge is 2.22. The number of rotatable bonds is 4. The molecule has 0 unspecified atom stereocenters. The largest absolute Gasteiger partial charge is 0.357 e. The average Bonchev–Trinajstić information content (AvgIpc) is 3.19. The zero-order valence-electron chi connectivity index (χ0n) is 15.3. The lowest BCUT2D eigenvalue weighted by Crippen LogP contribution is -2.49. The minimum absolute atomic E-state index is 0.0969. The van der Waals surface area contributed by atoms with Gasteiger partial charge in [-0.2, -0.15) is 0 Å². The summed E-state index contributed by atoms with van der Waals surface area (Å²) in [5.74, 6) is 0.762. The van der Waals surface area contributed by atoms with Gasteiger partial charge in [0.1, 0.15) is 0 Å². The SMILES string of the molecule is CCNC(=NCc1ccc(C(=O)N2CCNC(=O)C2)cc1)N1CCCC1. The third kappa shape index (κ3) is 4.53. The molecule has 7 heteroatoms. The summed E-state index contributed by atoms with van der Waals surface area (Å²) in [6.07, 6.45) is 2.44. The lowest BCUT2D eigenvalue weighted by molar-refractivity contribution is -0.123. The number of hydrogen-bond donors (Lipinski definition) is 2. The molecule has 0 aromatic heterocycles. The highest BCUT2D eigenvalue weighted by Crippen LogP contribution is 2.11. The number of carbonyl (C=O) groups excluding carboxylic acids is 2. The van der Waals surface area contributed by atoms with E-state index < -0.39 is 0 Å². The number of piperazine rings is 1. The van der Waals surface area contributed by atoms with Crippen LogP contribution < -0.4 is 10.6 Å². The molecular formula is C19H27N5O2. The molecule has 2 aliphatic heterocycles. The van der Waals surface area contributed by atoms with Gasteiger partial charge in [-0.05, 0) is 37.5 Å². The first kappa shape index (κ1) is 18.2. The zero-order valence-corrected chi connectivity index (χ0v) is 15.3. The molecule has 2 heterocycles. The van der Waals surface area contributed by atoms with Gasteiger partial charge in [-0.25, -0.2) is 4.99 Å². The number of likely N-dealkylation sites (tertiary alicyclic amines) is 1. The van der Waals surface area contributed by atoms with Crippen molar-refractivity contribution in [1.29, 1.82) is 0 Å². The van der Waals surface area contributed by atoms with E-state index in [1.54, 1.807) is 4.90 Å². The van der Waals surface area contributed by atoms with E-state index >= 15 is 0 Å². The molecule has 0 spiro atoms. The fourth-order valence-electron chi connectivity index (χ4n) is 3.27. The van der Waals surface area contributed by atoms with Crippen LogP contribution in [0.1, 0.15) is 35.7 Å². The number of aliphatic imine (C=N–C) groups is 1. The number of nitrogens with zero attached hydrogens (tertiary/aromatic N) is 3. The third-order valence-corrected chi connectivity index (χ3v) is 4.68. The zero-order chi connectivity index (χ0) is 18.4. The first-order valence-corrected chi connectivity index (χ1v) is 9.35. The molecule has 2 N–H and O–H groups in total. The number of hydrogen-bond acceptors (Lipinski definition) is 3. The lowest BCUT2D eigenvalue weighted by Gasteiger charge is -2.26. The van der Waals surface area contributed by atoms with E-state index in [9.17, 15) is 9.59 Å². The summed E-state index contributed by atoms with van der Waals surface area (Å²) in [5.41, 5.74) is 1.67. The summed E-state index contributed by atoms with van der Waals surface area (Å²) in [4.78, 5) is 32.5. The standard InChI is InChI=1S/C19H27N5O2/c1-2-20-19(23-10-3-4-11-23)22-13-15-5-7-16(8-6-15)18(26)24-12-9-21-17(25)14-24/h5-8H,2-4,9-14H2,1H3,(H,20,22)(H,21,25). The predicted octanol–water partition coefficient (Wildman–Crippen LogP) is 0.820. The molecule has 140 valence electrons. The molecule has 2 aliphatic rings. The Morgan fingerprint density at radius 1 is 1.15 bits per heavy atom. The summed E-state index contributed by atoms with van der Waals surface area (Å²) in [7, 11) is 0. The molecule has 1 aromatic rings. The summed E-state index contributed by atoms with van der Waals surface area (Å²) in [6, 6.07) is 7.52. The van der Waals surface area contributed by atoms with E-state index in [2.05, 4.69) is 22.5 Å². The smallest absolute Gasteiger partial charge is 0.254 e. The van der Waals surface area contributed by atoms with Crippen LogP contribution in [-0.4, -0.2) is 66.8 Å². The molecule has 2 fully saturated rings. The molecule has 0 bridgehead atoms. The number of benzene rings is 1. The molecule has 1 aromatic carbocycles. The van der Waals surface area contributed by atoms with Crippen molar-refractivity contribution in [1.82, 2.24) is 20.4 Å². The maximum Gasteiger partial charge on any atom is 0.254 e. The molecule has 0 atom stereocenters. The highest BCUT2D eigenvalue weighted by molar-refractivity contribution is 5.97. The maximum absolute atomic E-state index is 12.5. The van der Waals surface area contributed by atoms with Crippen LogP contribution in [0.3, 0.4) is 0 Å². The fourth-order valence-corrected chi connectivity index (χ4v) is 3.27. The second-order valence-corrected chi connectivity index (χ2v) is 6.64. The number of carbonyl (C=O) groups is 2. The molecule has 2 saturated heterocycles. The molecule has 0 aliphatic carbocycles. The summed E-state index contributed by atoms with van der Waals surface area (Å²) >= 11 is 0. The Bertz CT molecular complexity index is 665. The van der Waals surface area contributed by atoms with Gasteiger partial charge in [-0.1, -0.05) is 12.1 Å². The topological polar surface area (TPSA) is 77.0 Å². The first-order chi connectivity index (χ1) is 12.7. The van der Waals surface area contributed by atoms with Crippen molar-refractivity contribution < 1.29 is 9.59 Å². The highest BCUT2D eigenvalue weighted by atomic mass is 16.2. The Morgan fingerprint density at radius 2 is 1.88 bits per heavy atom. The van der Waals surface area contributed by atoms with E-state index in [4.69, 9.17) is 4.99 Å². The average molecular weight is 357 g/mol. The van der Waals surface area contributed by atoms with Crippen molar-refractivity contribution in [3.05, 3.63) is 35.4 Å². The van der Waals surface area contributed by atoms with Crippen LogP contribution in [0.4, 0.5) is 0 Å². The van der Waals surface area contributed by atoms with Crippen LogP contribution in [0.25, 0.3) is 0 Å². The minimum Gasteiger partial charge on any atom is -0.357 e. The lowest BCUT2D eigenvalue weighted by atomic mass is 10.1. The Labute approximate surface area is 154 Å². The van der Waals surface area contributed by atoms with Crippen LogP contribution in [-0.2, 0) is 11.3 Å². The van der Waals surface area contributed by atoms with Crippen molar-refractivity contribution in [3.63, 3.8) is 0 Å². The Balaban J connectivity index is 1.62. The van der Waals surface area contributed by atoms with E-state index in [0.29, 0.717) is 25.2 Å². The van der Waals surface area contributed by atoms with Gasteiger partial charge in [0, 0.05) is 38.3 Å². The van der Waals surface area contributed by atoms with Crippen molar-refractivity contribution in [2.24, 2.45) is 4.99 Å². The number of amides is 2. The van der Waals surface area contributed by atoms with Crippen molar-refractivity contribution in [3.8, 4) is 0 Å². The Hall–Kier alpha value is -2.57. The molecule has 2 amide bonds. The van der Waals surface area contributed by atoms with Gasteiger partial charge in [0.25, 0.3) is 5.91 Å². The first-order valence-electron chi connectivity index (χ1n) is 9.35. The van der Waals surface area contributed by atoms with Crippen LogP contribution in [0.15, 0.2) is 29.3 Å². The van der Waals surface area contributed by atoms with Gasteiger partial charge in [-0.15, -0.1) is 0 Å². The quantitative estimate of drug-likeness (QED) is 0.618. The van der Waals surface area contributed by atoms with Crippen LogP contribution >= 0.6 is 0 Å². The molecule has 26 heavy (non-hydrogen) atoms. The third-order valence-electron chi connectivity index (χ3n) is 4.68. The molecule has 3 rings (SSSR count). The molecular weight excluding hydrogens is 330 g/mol. The second-order valence-electron chi connectivity index (χ2n) is 6.64. The molecule has 0 saturated carbocycles. The van der Waals surface area contributed by atoms with Crippen molar-refractivity contribution in [2.75, 3.05) is 39.3 Å². The van der Waals surface area contributed by atoms with Crippen molar-refractivity contribution >= 4 is 17.8 Å². The van der Waals surface area contributed by atoms with Crippen LogP contribution in [0.5, 0.6) is 0 Å². The number of nitrogens with one attached hydrogen (secondary N) is 2. The molecule has 0 radical (unpaired) electrons. The summed E-state index contributed by atoms with van der Waals surface area (Å²) in [5, 5.41) is 6.08. The maximum atomic E-state index is 12.5. The van der Waals surface area contributed by atoms with E-state index in [1.807, 2.05) is 24.3 Å². The minimum atomic E-state index is -0.103. The normalized spacial score (nSPS) is 18.0. The van der Waals surface area contributed by atoms with Gasteiger partial charge in [0.2, 0.25) is 5.91 Å². The van der Waals surface area contributed by atoms with Gasteiger partial charge in [0.05, 0.1) is 13.1 Å². The van der Waals surface area contributed by atoms with Gasteiger partial charge in [-0.3, -0.25) is 9.59 Å². The summed E-state index contributed by atoms with van der Waals surface area (Å²) < 4.78 is 0. The number of guanidine groups is 1. The van der Waals surface area contributed by atoms with E-state index in [-0.39, 0.29) is 18.4 Å². The Morgan fingerprint density at radius 3 is 2.54 bits per heavy atom. The van der Waals surface area contributed by atoms with E-state index in [0.717, 1.165) is 31.2 Å². The van der Waals surface area contributed by atoms with Crippen LogP contribution in [0.2, 0.25) is 0 Å². The van der Waals surface area contributed by atoms with E-state index in [1.165, 1.54) is 12.8 Å². The van der Waals surface area contributed by atoms with Gasteiger partial charge >= 0.3 is 0 Å². The van der Waals surface area contributed by atoms with Crippen molar-refractivity contribution in [2.45, 2.75) is 26.3 Å². The fraction of sp³-hybridized carbons (Fsp3) is 0.526. The second kappa shape index (κ2) is 8.69. The summed E-state index contributed by atoms with van der Waals surface area (Å²) in [6.45, 7) is 6.83. The Kier molecular flexibility index (Phi) is 6.09. The predicted molar refractivity (Wildman–Crippen MR) is 101 cm³/mol. The molecule has 7 nitrogen and oxygen atoms in total.